The number of anilines is 1. The van der Waals surface area contributed by atoms with E-state index in [9.17, 15) is 19.5 Å². The maximum Gasteiger partial charge on any atom is 0.351 e. The smallest absolute Gasteiger partial charge is 0.351 e. The van der Waals surface area contributed by atoms with Gasteiger partial charge in [-0.1, -0.05) is 28.0 Å². The number of rotatable bonds is 14. The molecule has 0 radical (unpaired) electrons. The van der Waals surface area contributed by atoms with Crippen molar-refractivity contribution in [2.45, 2.75) is 63.4 Å². The van der Waals surface area contributed by atoms with E-state index in [2.05, 4.69) is 10.3 Å². The second kappa shape index (κ2) is 13.7. The van der Waals surface area contributed by atoms with Crippen LogP contribution in [0.25, 0.3) is 0 Å². The Bertz CT molecular complexity index is 777. The van der Waals surface area contributed by atoms with Crippen LogP contribution in [0.15, 0.2) is 17.1 Å². The van der Waals surface area contributed by atoms with E-state index in [1.807, 2.05) is 0 Å². The van der Waals surface area contributed by atoms with Gasteiger partial charge >= 0.3 is 11.7 Å². The number of aromatic nitrogens is 2. The Morgan fingerprint density at radius 3 is 2.58 bits per heavy atom. The number of aliphatic hydroxyl groups is 2. The van der Waals surface area contributed by atoms with Gasteiger partial charge in [0.05, 0.1) is 12.7 Å². The zero-order valence-electron chi connectivity index (χ0n) is 17.1. The molecule has 0 unspecified atom stereocenters. The second-order valence-corrected chi connectivity index (χ2v) is 9.82. The van der Waals surface area contributed by atoms with Gasteiger partial charge < -0.3 is 25.4 Å². The molecule has 0 bridgehead atoms. The van der Waals surface area contributed by atoms with Crippen molar-refractivity contribution in [2.75, 3.05) is 23.4 Å². The molecule has 174 valence electrons. The van der Waals surface area contributed by atoms with Gasteiger partial charge in [-0.05, 0) is 25.3 Å². The molecule has 3 atom stereocenters. The first-order valence-corrected chi connectivity index (χ1v) is 12.7. The molecule has 0 saturated carbocycles. The largest absolute Gasteiger partial charge is 0.481 e. The Labute approximate surface area is 188 Å². The van der Waals surface area contributed by atoms with Crippen LogP contribution >= 0.6 is 21.6 Å². The zero-order valence-corrected chi connectivity index (χ0v) is 18.8. The number of hydrogen-bond donors (Lipinski definition) is 4. The van der Waals surface area contributed by atoms with E-state index in [-0.39, 0.29) is 31.2 Å². The van der Waals surface area contributed by atoms with Gasteiger partial charge in [-0.3, -0.25) is 14.2 Å². The fourth-order valence-electron chi connectivity index (χ4n) is 2.98. The van der Waals surface area contributed by atoms with E-state index >= 15 is 0 Å². The van der Waals surface area contributed by atoms with Crippen molar-refractivity contribution in [2.24, 2.45) is 0 Å². The third-order valence-electron chi connectivity index (χ3n) is 4.62. The zero-order chi connectivity index (χ0) is 22.6. The summed E-state index contributed by atoms with van der Waals surface area (Å²) in [6.45, 7) is -0.336. The van der Waals surface area contributed by atoms with Gasteiger partial charge in [0, 0.05) is 37.0 Å². The summed E-state index contributed by atoms with van der Waals surface area (Å²) >= 11 is 0. The van der Waals surface area contributed by atoms with Crippen LogP contribution in [0.2, 0.25) is 0 Å². The van der Waals surface area contributed by atoms with E-state index < -0.39 is 30.1 Å². The maximum absolute atomic E-state index is 12.2. The number of nitrogens with one attached hydrogen (secondary N) is 1. The van der Waals surface area contributed by atoms with Crippen LogP contribution in [0.3, 0.4) is 0 Å². The maximum atomic E-state index is 12.2. The van der Waals surface area contributed by atoms with Crippen LogP contribution in [-0.4, -0.2) is 67.1 Å². The van der Waals surface area contributed by atoms with Crippen LogP contribution in [0, 0.1) is 0 Å². The summed E-state index contributed by atoms with van der Waals surface area (Å²) in [6.07, 6.45) is 3.15. The van der Waals surface area contributed by atoms with Crippen molar-refractivity contribution >= 4 is 39.3 Å². The highest BCUT2D eigenvalue weighted by Gasteiger charge is 2.34. The number of carboxylic acids is 1. The monoisotopic (exact) mass is 475 g/mol. The molecule has 2 heterocycles. The molecule has 12 heteroatoms. The van der Waals surface area contributed by atoms with E-state index in [0.29, 0.717) is 19.3 Å². The Morgan fingerprint density at radius 2 is 1.94 bits per heavy atom. The highest BCUT2D eigenvalue weighted by molar-refractivity contribution is 8.76. The number of unbranched alkanes of at least 4 members (excludes halogenated alkanes) is 2. The van der Waals surface area contributed by atoms with E-state index in [0.717, 1.165) is 24.3 Å². The minimum atomic E-state index is -0.853. The van der Waals surface area contributed by atoms with E-state index in [1.54, 1.807) is 21.6 Å². The molecule has 10 nitrogen and oxygen atoms in total. The van der Waals surface area contributed by atoms with Crippen molar-refractivity contribution < 1.29 is 29.6 Å². The number of hydrogen-bond acceptors (Lipinski definition) is 9. The third-order valence-corrected chi connectivity index (χ3v) is 7.20. The number of nitrogens with zero attached hydrogens (tertiary/aromatic N) is 2. The number of ether oxygens (including phenoxy) is 1. The van der Waals surface area contributed by atoms with Crippen molar-refractivity contribution in [1.29, 1.82) is 0 Å². The van der Waals surface area contributed by atoms with Gasteiger partial charge in [0.2, 0.25) is 5.91 Å². The standard InChI is InChI=1S/C19H29N3O7S2/c23-12-14-13(24)11-17(29-14)22-8-7-15(21-19(22)28)20-16(25)5-4-10-31-30-9-3-1-2-6-18(26)27/h7-8,13-14,17,23-24H,1-6,9-12H2,(H,26,27)(H,20,21,25,28)/t13-,14-,17-/m1/s1. The summed E-state index contributed by atoms with van der Waals surface area (Å²) in [5.74, 6) is 0.951. The average Bonchev–Trinajstić information content (AvgIpc) is 3.09. The Hall–Kier alpha value is -1.60. The molecule has 0 aromatic carbocycles. The molecule has 2 rings (SSSR count). The molecule has 0 spiro atoms. The van der Waals surface area contributed by atoms with Gasteiger partial charge in [0.1, 0.15) is 18.1 Å². The van der Waals surface area contributed by atoms with Crippen LogP contribution in [0.4, 0.5) is 5.82 Å². The summed E-state index contributed by atoms with van der Waals surface area (Å²) in [5, 5.41) is 30.1. The van der Waals surface area contributed by atoms with Crippen molar-refractivity contribution in [1.82, 2.24) is 9.55 Å². The van der Waals surface area contributed by atoms with Crippen LogP contribution in [0.5, 0.6) is 0 Å². The van der Waals surface area contributed by atoms with Gasteiger partial charge in [-0.15, -0.1) is 0 Å². The van der Waals surface area contributed by atoms with E-state index in [1.165, 1.54) is 16.8 Å². The van der Waals surface area contributed by atoms with Gasteiger partial charge in [0.15, 0.2) is 0 Å². The lowest BCUT2D eigenvalue weighted by Crippen LogP contribution is -2.28. The van der Waals surface area contributed by atoms with Crippen molar-refractivity contribution in [3.05, 3.63) is 22.7 Å². The van der Waals surface area contributed by atoms with Crippen molar-refractivity contribution in [3.8, 4) is 0 Å². The number of aliphatic carboxylic acids is 1. The summed E-state index contributed by atoms with van der Waals surface area (Å²) in [6, 6.07) is 1.50. The van der Waals surface area contributed by atoms with Gasteiger partial charge in [-0.25, -0.2) is 4.79 Å². The summed E-state index contributed by atoms with van der Waals surface area (Å²) in [7, 11) is 3.41. The van der Waals surface area contributed by atoms with Gasteiger partial charge in [0.25, 0.3) is 0 Å². The SMILES string of the molecule is O=C(O)CCCCCSSCCCC(=O)Nc1ccn([C@H]2C[C@@H](O)[C@@H](CO)O2)c(=O)n1. The molecule has 1 aliphatic heterocycles. The average molecular weight is 476 g/mol. The molecule has 31 heavy (non-hydrogen) atoms. The highest BCUT2D eigenvalue weighted by Crippen LogP contribution is 2.27. The summed E-state index contributed by atoms with van der Waals surface area (Å²) < 4.78 is 6.67. The highest BCUT2D eigenvalue weighted by atomic mass is 33.1. The van der Waals surface area contributed by atoms with Crippen LogP contribution in [0.1, 0.15) is 51.2 Å². The number of amides is 1. The first kappa shape index (κ1) is 25.7. The molecule has 1 aliphatic rings. The number of carboxylic acid groups (broad SMARTS) is 1. The quantitative estimate of drug-likeness (QED) is 0.231. The number of carbonyl (C=O) groups excluding carboxylic acids is 1. The predicted octanol–water partition coefficient (Wildman–Crippen LogP) is 1.63. The Kier molecular flexibility index (Phi) is 11.4. The molecule has 1 saturated heterocycles. The number of aliphatic hydroxyl groups excluding tert-OH is 2. The predicted molar refractivity (Wildman–Crippen MR) is 119 cm³/mol. The number of carbonyl (C=O) groups is 2. The molecule has 4 N–H and O–H groups in total. The minimum Gasteiger partial charge on any atom is -0.481 e. The lowest BCUT2D eigenvalue weighted by atomic mass is 10.2. The third kappa shape index (κ3) is 9.19. The summed E-state index contributed by atoms with van der Waals surface area (Å²) in [4.78, 5) is 38.5. The fraction of sp³-hybridized carbons (Fsp3) is 0.684. The molecule has 1 fully saturated rings. The molecular weight excluding hydrogens is 446 g/mol. The topological polar surface area (TPSA) is 151 Å². The van der Waals surface area contributed by atoms with E-state index in [4.69, 9.17) is 14.9 Å². The minimum absolute atomic E-state index is 0.159. The summed E-state index contributed by atoms with van der Waals surface area (Å²) in [5.41, 5.74) is -0.607. The van der Waals surface area contributed by atoms with Gasteiger partial charge in [-0.2, -0.15) is 4.98 Å². The fourth-order valence-corrected chi connectivity index (χ4v) is 5.21. The lowest BCUT2D eigenvalue weighted by Gasteiger charge is -2.14. The molecule has 1 aromatic heterocycles. The first-order chi connectivity index (χ1) is 14.9. The molecule has 1 aromatic rings. The molecular formula is C19H29N3O7S2. The second-order valence-electron chi connectivity index (χ2n) is 7.12. The lowest BCUT2D eigenvalue weighted by molar-refractivity contribution is -0.137. The Morgan fingerprint density at radius 1 is 1.19 bits per heavy atom. The molecule has 1 amide bonds. The van der Waals surface area contributed by atoms with Crippen LogP contribution < -0.4 is 11.0 Å². The Balaban J connectivity index is 1.61. The normalized spacial score (nSPS) is 20.6. The first-order valence-electron chi connectivity index (χ1n) is 10.2. The molecule has 0 aliphatic carbocycles. The van der Waals surface area contributed by atoms with Crippen LogP contribution in [-0.2, 0) is 14.3 Å². The van der Waals surface area contributed by atoms with Crippen molar-refractivity contribution in [3.63, 3.8) is 0 Å².